The Kier molecular flexibility index (Phi) is 6.11. The third kappa shape index (κ3) is 4.52. The fraction of sp³-hybridized carbons (Fsp3) is 0.333. The van der Waals surface area contributed by atoms with Gasteiger partial charge >= 0.3 is 6.09 Å². The van der Waals surface area contributed by atoms with Gasteiger partial charge in [0.05, 0.1) is 22.2 Å². The normalized spacial score (nSPS) is 15.9. The number of nitrogens with zero attached hydrogens (tertiary/aromatic N) is 2. The molecule has 1 saturated heterocycles. The van der Waals surface area contributed by atoms with Gasteiger partial charge < -0.3 is 10.2 Å². The van der Waals surface area contributed by atoms with E-state index in [2.05, 4.69) is 26.0 Å². The van der Waals surface area contributed by atoms with Gasteiger partial charge in [-0.05, 0) is 24.1 Å². The Morgan fingerprint density at radius 1 is 1.28 bits per heavy atom. The molecule has 0 radical (unpaired) electrons. The van der Waals surface area contributed by atoms with Gasteiger partial charge in [0, 0.05) is 18.3 Å². The van der Waals surface area contributed by atoms with E-state index in [-0.39, 0.29) is 32.8 Å². The Labute approximate surface area is 176 Å². The number of hydrogen-bond acceptors (Lipinski definition) is 7. The second kappa shape index (κ2) is 8.40. The van der Waals surface area contributed by atoms with Crippen molar-refractivity contribution >= 4 is 40.8 Å². The summed E-state index contributed by atoms with van der Waals surface area (Å²) in [6, 6.07) is 4.57. The molecule has 11 heteroatoms. The number of ketones is 1. The topological polar surface area (TPSA) is 114 Å². The highest BCUT2D eigenvalue weighted by atomic mass is 35.5. The smallest absolute Gasteiger partial charge is 0.381 e. The van der Waals surface area contributed by atoms with Gasteiger partial charge in [0.2, 0.25) is 5.78 Å². The molecule has 29 heavy (non-hydrogen) atoms. The maximum Gasteiger partial charge on any atom is 0.427 e. The number of hydrogen-bond donors (Lipinski definition) is 3. The van der Waals surface area contributed by atoms with Gasteiger partial charge in [-0.3, -0.25) is 14.9 Å². The second-order valence-corrected chi connectivity index (χ2v) is 7.61. The van der Waals surface area contributed by atoms with Gasteiger partial charge in [0.15, 0.2) is 0 Å². The lowest BCUT2D eigenvalue weighted by molar-refractivity contribution is 0.103. The molecule has 0 bridgehead atoms. The molecule has 1 atom stereocenters. The van der Waals surface area contributed by atoms with Crippen LogP contribution in [0.15, 0.2) is 23.0 Å². The molecule has 1 fully saturated rings. The average molecular weight is 440 g/mol. The van der Waals surface area contributed by atoms with Gasteiger partial charge in [-0.15, -0.1) is 5.48 Å². The van der Waals surface area contributed by atoms with E-state index in [9.17, 15) is 14.4 Å². The van der Waals surface area contributed by atoms with Gasteiger partial charge in [-0.1, -0.05) is 37.0 Å². The number of benzene rings is 1. The number of anilines is 1. The lowest BCUT2D eigenvalue weighted by Crippen LogP contribution is -2.38. The highest BCUT2D eigenvalue weighted by Crippen LogP contribution is 2.31. The van der Waals surface area contributed by atoms with E-state index in [1.54, 1.807) is 12.1 Å². The fourth-order valence-electron chi connectivity index (χ4n) is 2.81. The van der Waals surface area contributed by atoms with Crippen LogP contribution < -0.4 is 21.7 Å². The Balaban J connectivity index is 1.86. The summed E-state index contributed by atoms with van der Waals surface area (Å²) in [6.45, 7) is 4.02. The van der Waals surface area contributed by atoms with Gasteiger partial charge in [0.25, 0.3) is 5.56 Å². The van der Waals surface area contributed by atoms with Crippen LogP contribution in [0.2, 0.25) is 10.0 Å². The molecular formula is C18H19Cl2N5O4. The van der Waals surface area contributed by atoms with Crippen LogP contribution in [-0.2, 0) is 11.9 Å². The molecule has 2 heterocycles. The molecule has 1 aliphatic heterocycles. The molecule has 1 aromatic heterocycles. The number of carbonyl (C=O) groups is 2. The Hall–Kier alpha value is -2.62. The van der Waals surface area contributed by atoms with E-state index in [0.29, 0.717) is 17.8 Å². The highest BCUT2D eigenvalue weighted by Gasteiger charge is 2.23. The summed E-state index contributed by atoms with van der Waals surface area (Å²) in [5.41, 5.74) is 3.44. The number of aromatic nitrogens is 2. The van der Waals surface area contributed by atoms with Crippen LogP contribution in [-0.4, -0.2) is 34.4 Å². The lowest BCUT2D eigenvalue weighted by Gasteiger charge is -2.14. The van der Waals surface area contributed by atoms with Crippen molar-refractivity contribution in [3.05, 3.63) is 55.4 Å². The number of hydroxylamine groups is 1. The molecule has 2 aromatic rings. The summed E-state index contributed by atoms with van der Waals surface area (Å²) in [5.74, 6) is -0.559. The minimum absolute atomic E-state index is 0.0746. The van der Waals surface area contributed by atoms with Crippen molar-refractivity contribution in [3.63, 3.8) is 0 Å². The highest BCUT2D eigenvalue weighted by molar-refractivity contribution is 6.41. The second-order valence-electron chi connectivity index (χ2n) is 6.80. The Bertz CT molecular complexity index is 1010. The Morgan fingerprint density at radius 3 is 2.48 bits per heavy atom. The van der Waals surface area contributed by atoms with E-state index >= 15 is 0 Å². The molecule has 3 rings (SSSR count). The van der Waals surface area contributed by atoms with E-state index in [1.165, 1.54) is 13.1 Å². The van der Waals surface area contributed by atoms with E-state index in [0.717, 1.165) is 4.68 Å². The maximum absolute atomic E-state index is 13.0. The van der Waals surface area contributed by atoms with Crippen molar-refractivity contribution in [3.8, 4) is 0 Å². The SMILES string of the molecule is CC(C)c1cc(C(=O)c2c(Cl)cc(NCC3NOC(=O)N3)cc2Cl)nn(C)c1=O. The average Bonchev–Trinajstić information content (AvgIpc) is 3.06. The molecule has 3 N–H and O–H groups in total. The maximum atomic E-state index is 13.0. The number of halogens is 2. The van der Waals surface area contributed by atoms with Crippen LogP contribution >= 0.6 is 23.2 Å². The fourth-order valence-corrected chi connectivity index (χ4v) is 3.47. The molecule has 1 aliphatic rings. The first-order valence-corrected chi connectivity index (χ1v) is 9.51. The predicted octanol–water partition coefficient (Wildman–Crippen LogP) is 2.42. The number of rotatable bonds is 6. The van der Waals surface area contributed by atoms with Crippen LogP contribution in [0.5, 0.6) is 0 Å². The minimum Gasteiger partial charge on any atom is -0.381 e. The Morgan fingerprint density at radius 2 is 1.93 bits per heavy atom. The zero-order valence-corrected chi connectivity index (χ0v) is 17.4. The number of nitrogens with one attached hydrogen (secondary N) is 3. The lowest BCUT2D eigenvalue weighted by atomic mass is 10.0. The summed E-state index contributed by atoms with van der Waals surface area (Å²) in [5, 5.41) is 9.89. The molecule has 1 amide bonds. The van der Waals surface area contributed by atoms with Crippen molar-refractivity contribution in [1.29, 1.82) is 0 Å². The molecule has 0 saturated carbocycles. The van der Waals surface area contributed by atoms with Gasteiger partial charge in [-0.2, -0.15) is 5.10 Å². The number of carbonyl (C=O) groups excluding carboxylic acids is 2. The molecule has 0 spiro atoms. The van der Waals surface area contributed by atoms with E-state index < -0.39 is 18.0 Å². The van der Waals surface area contributed by atoms with Crippen molar-refractivity contribution in [2.24, 2.45) is 7.05 Å². The van der Waals surface area contributed by atoms with Crippen molar-refractivity contribution < 1.29 is 14.4 Å². The van der Waals surface area contributed by atoms with E-state index in [4.69, 9.17) is 23.2 Å². The van der Waals surface area contributed by atoms with Crippen LogP contribution in [0.4, 0.5) is 10.5 Å². The van der Waals surface area contributed by atoms with Crippen LogP contribution in [0.3, 0.4) is 0 Å². The third-order valence-electron chi connectivity index (χ3n) is 4.31. The van der Waals surface area contributed by atoms with Crippen LogP contribution in [0, 0.1) is 0 Å². The number of amides is 1. The standard InChI is InChI=1S/C18H19Cl2N5O4/c1-8(2)10-6-13(23-25(3)17(10)27)16(26)15-11(19)4-9(5-12(15)20)21-7-14-22-18(28)29-24-14/h4-6,8,14,21,24H,7H2,1-3H3,(H,22,28). The minimum atomic E-state index is -0.570. The van der Waals surface area contributed by atoms with Crippen LogP contribution in [0.25, 0.3) is 0 Å². The first-order chi connectivity index (χ1) is 13.7. The van der Waals surface area contributed by atoms with Crippen molar-refractivity contribution in [2.75, 3.05) is 11.9 Å². The predicted molar refractivity (Wildman–Crippen MR) is 108 cm³/mol. The van der Waals surface area contributed by atoms with Crippen molar-refractivity contribution in [2.45, 2.75) is 25.9 Å². The molecule has 0 aliphatic carbocycles. The molecule has 1 aromatic carbocycles. The van der Waals surface area contributed by atoms with E-state index in [1.807, 2.05) is 13.8 Å². The van der Waals surface area contributed by atoms with Crippen LogP contribution in [0.1, 0.15) is 41.4 Å². The summed E-state index contributed by atoms with van der Waals surface area (Å²) < 4.78 is 1.13. The zero-order chi connectivity index (χ0) is 21.3. The molecule has 154 valence electrons. The quantitative estimate of drug-likeness (QED) is 0.591. The summed E-state index contributed by atoms with van der Waals surface area (Å²) in [4.78, 5) is 40.8. The molecular weight excluding hydrogens is 421 g/mol. The first kappa shape index (κ1) is 21.1. The molecule has 9 nitrogen and oxygen atoms in total. The monoisotopic (exact) mass is 439 g/mol. The first-order valence-electron chi connectivity index (χ1n) is 8.76. The summed E-state index contributed by atoms with van der Waals surface area (Å²) in [6.07, 6.45) is -0.995. The van der Waals surface area contributed by atoms with Gasteiger partial charge in [0.1, 0.15) is 11.9 Å². The van der Waals surface area contributed by atoms with Gasteiger partial charge in [-0.25, -0.2) is 9.48 Å². The largest absolute Gasteiger partial charge is 0.427 e. The summed E-state index contributed by atoms with van der Waals surface area (Å²) in [7, 11) is 1.49. The van der Waals surface area contributed by atoms with Crippen molar-refractivity contribution in [1.82, 2.24) is 20.6 Å². The summed E-state index contributed by atoms with van der Waals surface area (Å²) >= 11 is 12.6. The third-order valence-corrected chi connectivity index (χ3v) is 4.91. The number of aryl methyl sites for hydroxylation is 1. The molecule has 1 unspecified atom stereocenters. The zero-order valence-electron chi connectivity index (χ0n) is 15.9.